The predicted molar refractivity (Wildman–Crippen MR) is 97.3 cm³/mol. The Morgan fingerprint density at radius 1 is 1.16 bits per heavy atom. The van der Waals surface area contributed by atoms with Crippen LogP contribution in [-0.4, -0.2) is 26.7 Å². The number of methoxy groups -OCH3 is 2. The summed E-state index contributed by atoms with van der Waals surface area (Å²) in [6.45, 7) is 0.297. The molecule has 2 aromatic carbocycles. The van der Waals surface area contributed by atoms with Crippen LogP contribution in [0.5, 0.6) is 17.2 Å². The lowest BCUT2D eigenvalue weighted by Crippen LogP contribution is -2.32. The van der Waals surface area contributed by atoms with Gasteiger partial charge in [-0.2, -0.15) is 0 Å². The third-order valence-electron chi connectivity index (χ3n) is 4.03. The van der Waals surface area contributed by atoms with Gasteiger partial charge in [0.2, 0.25) is 5.91 Å². The fraction of sp³-hybridized carbons (Fsp3) is 0.278. The topological polar surface area (TPSA) is 56.8 Å². The number of halogens is 2. The molecule has 1 N–H and O–H groups in total. The van der Waals surface area contributed by atoms with Crippen LogP contribution in [0.25, 0.3) is 0 Å². The second-order valence-electron chi connectivity index (χ2n) is 5.64. The number of rotatable bonds is 4. The molecule has 1 aliphatic heterocycles. The van der Waals surface area contributed by atoms with E-state index in [9.17, 15) is 4.79 Å². The van der Waals surface area contributed by atoms with Crippen LogP contribution in [0.3, 0.4) is 0 Å². The van der Waals surface area contributed by atoms with Crippen molar-refractivity contribution in [2.45, 2.75) is 6.42 Å². The van der Waals surface area contributed by atoms with Crippen LogP contribution in [0.1, 0.15) is 5.56 Å². The highest BCUT2D eigenvalue weighted by molar-refractivity contribution is 6.34. The van der Waals surface area contributed by atoms with Gasteiger partial charge in [0.25, 0.3) is 0 Å². The van der Waals surface area contributed by atoms with Crippen LogP contribution in [0.4, 0.5) is 5.69 Å². The fourth-order valence-electron chi connectivity index (χ4n) is 2.72. The lowest BCUT2D eigenvalue weighted by molar-refractivity contribution is -0.121. The average molecular weight is 382 g/mol. The van der Waals surface area contributed by atoms with Crippen molar-refractivity contribution in [3.8, 4) is 17.2 Å². The van der Waals surface area contributed by atoms with Gasteiger partial charge in [0.15, 0.2) is 11.5 Å². The second kappa shape index (κ2) is 7.42. The summed E-state index contributed by atoms with van der Waals surface area (Å²) in [6, 6.07) is 8.64. The van der Waals surface area contributed by atoms with Crippen LogP contribution in [0.15, 0.2) is 30.3 Å². The first-order valence-corrected chi connectivity index (χ1v) is 8.41. The molecule has 1 atom stereocenters. The number of fused-ring (bicyclic) bond motifs is 1. The summed E-state index contributed by atoms with van der Waals surface area (Å²) in [5.74, 6) is 1.22. The summed E-state index contributed by atoms with van der Waals surface area (Å²) >= 11 is 12.2. The molecule has 3 rings (SSSR count). The minimum atomic E-state index is -0.338. The maximum absolute atomic E-state index is 12.6. The van der Waals surface area contributed by atoms with E-state index in [4.69, 9.17) is 37.4 Å². The van der Waals surface area contributed by atoms with Crippen LogP contribution in [-0.2, 0) is 11.2 Å². The zero-order chi connectivity index (χ0) is 18.0. The van der Waals surface area contributed by atoms with Crippen molar-refractivity contribution < 1.29 is 19.0 Å². The molecule has 5 nitrogen and oxygen atoms in total. The Bertz CT molecular complexity index is 810. The SMILES string of the molecule is COc1cc(Cl)c(NC(=O)C2COc3ccc(Cl)cc3C2)cc1OC. The summed E-state index contributed by atoms with van der Waals surface area (Å²) < 4.78 is 16.1. The maximum Gasteiger partial charge on any atom is 0.231 e. The van der Waals surface area contributed by atoms with E-state index >= 15 is 0 Å². The van der Waals surface area contributed by atoms with Gasteiger partial charge in [-0.3, -0.25) is 4.79 Å². The van der Waals surface area contributed by atoms with E-state index < -0.39 is 0 Å². The second-order valence-corrected chi connectivity index (χ2v) is 6.48. The molecule has 0 saturated heterocycles. The first-order chi connectivity index (χ1) is 12.0. The number of carbonyl (C=O) groups is 1. The molecular weight excluding hydrogens is 365 g/mol. The van der Waals surface area contributed by atoms with E-state index in [2.05, 4.69) is 5.32 Å². The Morgan fingerprint density at radius 3 is 2.60 bits per heavy atom. The fourth-order valence-corrected chi connectivity index (χ4v) is 3.11. The minimum absolute atomic E-state index is 0.181. The van der Waals surface area contributed by atoms with Crippen molar-refractivity contribution in [1.82, 2.24) is 0 Å². The normalized spacial score (nSPS) is 15.8. The van der Waals surface area contributed by atoms with Gasteiger partial charge in [-0.15, -0.1) is 0 Å². The number of anilines is 1. The number of ether oxygens (including phenoxy) is 3. The smallest absolute Gasteiger partial charge is 0.231 e. The van der Waals surface area contributed by atoms with E-state index in [1.165, 1.54) is 14.2 Å². The summed E-state index contributed by atoms with van der Waals surface area (Å²) in [5, 5.41) is 3.82. The van der Waals surface area contributed by atoms with Crippen molar-refractivity contribution in [3.05, 3.63) is 45.9 Å². The van der Waals surface area contributed by atoms with Crippen molar-refractivity contribution in [2.24, 2.45) is 5.92 Å². The van der Waals surface area contributed by atoms with Gasteiger partial charge < -0.3 is 19.5 Å². The quantitative estimate of drug-likeness (QED) is 0.861. The zero-order valence-electron chi connectivity index (χ0n) is 13.8. The number of benzene rings is 2. The number of carbonyl (C=O) groups excluding carboxylic acids is 1. The van der Waals surface area contributed by atoms with Gasteiger partial charge in [0.05, 0.1) is 30.8 Å². The Balaban J connectivity index is 1.77. The molecule has 132 valence electrons. The molecule has 25 heavy (non-hydrogen) atoms. The molecule has 0 fully saturated rings. The first kappa shape index (κ1) is 17.7. The minimum Gasteiger partial charge on any atom is -0.493 e. The highest BCUT2D eigenvalue weighted by Gasteiger charge is 2.27. The van der Waals surface area contributed by atoms with Crippen LogP contribution < -0.4 is 19.5 Å². The van der Waals surface area contributed by atoms with E-state index in [0.29, 0.717) is 40.3 Å². The van der Waals surface area contributed by atoms with Crippen molar-refractivity contribution in [1.29, 1.82) is 0 Å². The monoisotopic (exact) mass is 381 g/mol. The van der Waals surface area contributed by atoms with E-state index in [-0.39, 0.29) is 11.8 Å². The molecule has 1 aliphatic rings. The molecule has 0 aliphatic carbocycles. The molecule has 0 bridgehead atoms. The molecule has 7 heteroatoms. The van der Waals surface area contributed by atoms with Gasteiger partial charge in [0, 0.05) is 17.2 Å². The van der Waals surface area contributed by atoms with Crippen LogP contribution in [0, 0.1) is 5.92 Å². The van der Waals surface area contributed by atoms with Gasteiger partial charge in [0.1, 0.15) is 12.4 Å². The Hall–Kier alpha value is -2.11. The maximum atomic E-state index is 12.6. The van der Waals surface area contributed by atoms with Crippen LogP contribution >= 0.6 is 23.2 Å². The van der Waals surface area contributed by atoms with Crippen molar-refractivity contribution in [3.63, 3.8) is 0 Å². The summed E-state index contributed by atoms with van der Waals surface area (Å²) in [7, 11) is 3.04. The summed E-state index contributed by atoms with van der Waals surface area (Å²) in [5.41, 5.74) is 1.37. The third kappa shape index (κ3) is 3.78. The predicted octanol–water partition coefficient (Wildman–Crippen LogP) is 4.20. The van der Waals surface area contributed by atoms with Crippen molar-refractivity contribution >= 4 is 34.8 Å². The lowest BCUT2D eigenvalue weighted by atomic mass is 9.96. The van der Waals surface area contributed by atoms with Crippen LogP contribution in [0.2, 0.25) is 10.0 Å². The number of hydrogen-bond acceptors (Lipinski definition) is 4. The highest BCUT2D eigenvalue weighted by atomic mass is 35.5. The summed E-state index contributed by atoms with van der Waals surface area (Å²) in [4.78, 5) is 12.6. The molecule has 1 heterocycles. The number of nitrogens with one attached hydrogen (secondary N) is 1. The van der Waals surface area contributed by atoms with E-state index in [0.717, 1.165) is 11.3 Å². The van der Waals surface area contributed by atoms with E-state index in [1.807, 2.05) is 12.1 Å². The van der Waals surface area contributed by atoms with Gasteiger partial charge >= 0.3 is 0 Å². The van der Waals surface area contributed by atoms with Gasteiger partial charge in [-0.25, -0.2) is 0 Å². The standard InChI is InChI=1S/C18H17Cl2NO4/c1-23-16-7-13(20)14(8-17(16)24-2)21-18(22)11-5-10-6-12(19)3-4-15(10)25-9-11/h3-4,6-8,11H,5,9H2,1-2H3,(H,21,22). The molecule has 1 unspecified atom stereocenters. The van der Waals surface area contributed by atoms with Gasteiger partial charge in [-0.1, -0.05) is 23.2 Å². The highest BCUT2D eigenvalue weighted by Crippen LogP contribution is 2.37. The zero-order valence-corrected chi connectivity index (χ0v) is 15.3. The molecule has 1 amide bonds. The molecule has 0 radical (unpaired) electrons. The molecule has 2 aromatic rings. The third-order valence-corrected chi connectivity index (χ3v) is 4.58. The Kier molecular flexibility index (Phi) is 5.25. The van der Waals surface area contributed by atoms with Crippen molar-refractivity contribution in [2.75, 3.05) is 26.1 Å². The molecule has 0 aromatic heterocycles. The Morgan fingerprint density at radius 2 is 1.88 bits per heavy atom. The van der Waals surface area contributed by atoms with E-state index in [1.54, 1.807) is 18.2 Å². The average Bonchev–Trinajstić information content (AvgIpc) is 2.62. The first-order valence-electron chi connectivity index (χ1n) is 7.65. The largest absolute Gasteiger partial charge is 0.493 e. The molecule has 0 saturated carbocycles. The molecule has 0 spiro atoms. The summed E-state index contributed by atoms with van der Waals surface area (Å²) in [6.07, 6.45) is 0.548. The Labute approximate surface area is 155 Å². The molecular formula is C18H17Cl2NO4. The lowest BCUT2D eigenvalue weighted by Gasteiger charge is -2.25. The number of hydrogen-bond donors (Lipinski definition) is 1. The number of amides is 1. The van der Waals surface area contributed by atoms with Gasteiger partial charge in [-0.05, 0) is 30.2 Å².